The van der Waals surface area contributed by atoms with E-state index < -0.39 is 92.1 Å². The average molecular weight is 658 g/mol. The second-order valence-electron chi connectivity index (χ2n) is 10.8. The number of fused-ring (bicyclic) bond motifs is 20. The minimum absolute atomic E-state index is 0.0899. The van der Waals surface area contributed by atoms with Crippen molar-refractivity contribution in [3.05, 3.63) is 95.1 Å². The second kappa shape index (κ2) is 9.60. The number of H-pyrrole nitrogens is 2. The van der Waals surface area contributed by atoms with Gasteiger partial charge in [-0.2, -0.15) is 0 Å². The van der Waals surface area contributed by atoms with Crippen molar-refractivity contribution in [2.24, 2.45) is 0 Å². The van der Waals surface area contributed by atoms with E-state index >= 15 is 17.6 Å². The number of aromatic nitrogens is 8. The zero-order valence-electron chi connectivity index (χ0n) is 23.3. The molecule has 0 spiro atoms. The summed E-state index contributed by atoms with van der Waals surface area (Å²) in [6, 6.07) is 6.40. The van der Waals surface area contributed by atoms with Gasteiger partial charge < -0.3 is 9.97 Å². The molecule has 8 bridgehead atoms. The molecule has 2 aliphatic heterocycles. The van der Waals surface area contributed by atoms with Crippen LogP contribution in [-0.4, -0.2) is 39.9 Å². The fourth-order valence-corrected chi connectivity index (χ4v) is 5.87. The SMILES string of the molecule is Fc1cc2c3nc4nc(nc5[nH]c(nc6nc(nc([nH]3)c2cc1F)-c1c(F)ccc(F)c1-6)c1cc(F)c(F)cc51)-c1c(F)ccc(F)c1-4. The number of rotatable bonds is 0. The Hall–Kier alpha value is -6.32. The summed E-state index contributed by atoms with van der Waals surface area (Å²) < 4.78 is 119. The van der Waals surface area contributed by atoms with Crippen LogP contribution in [0.2, 0.25) is 0 Å². The fraction of sp³-hybridized carbons (Fsp3) is 0. The number of nitrogens with zero attached hydrogens (tertiary/aromatic N) is 6. The summed E-state index contributed by atoms with van der Waals surface area (Å²) in [6.07, 6.45) is 0. The van der Waals surface area contributed by atoms with Gasteiger partial charge in [0.1, 0.15) is 45.9 Å². The topological polar surface area (TPSA) is 109 Å². The van der Waals surface area contributed by atoms with Crippen molar-refractivity contribution in [1.29, 1.82) is 0 Å². The lowest BCUT2D eigenvalue weighted by Crippen LogP contribution is -1.91. The molecule has 0 amide bonds. The first kappa shape index (κ1) is 27.9. The molecule has 0 saturated heterocycles. The third kappa shape index (κ3) is 3.88. The van der Waals surface area contributed by atoms with Gasteiger partial charge in [-0.05, 0) is 48.5 Å². The Morgan fingerprint density at radius 2 is 0.542 bits per heavy atom. The van der Waals surface area contributed by atoms with E-state index in [4.69, 9.17) is 0 Å². The van der Waals surface area contributed by atoms with Gasteiger partial charge in [0.25, 0.3) is 0 Å². The predicted molar refractivity (Wildman–Crippen MR) is 156 cm³/mol. The summed E-state index contributed by atoms with van der Waals surface area (Å²) in [5, 5.41) is -0.360. The third-order valence-electron chi connectivity index (χ3n) is 8.01. The Labute approximate surface area is 259 Å². The molecule has 48 heavy (non-hydrogen) atoms. The maximum atomic E-state index is 15.3. The quantitative estimate of drug-likeness (QED) is 0.160. The normalized spacial score (nSPS) is 12.2. The van der Waals surface area contributed by atoms with Gasteiger partial charge in [-0.3, -0.25) is 0 Å². The van der Waals surface area contributed by atoms with E-state index in [0.717, 1.165) is 48.5 Å². The van der Waals surface area contributed by atoms with E-state index in [1.165, 1.54) is 0 Å². The van der Waals surface area contributed by atoms with E-state index in [0.29, 0.717) is 0 Å². The van der Waals surface area contributed by atoms with Gasteiger partial charge in [0.05, 0.1) is 22.3 Å². The highest BCUT2D eigenvalue weighted by Gasteiger charge is 2.29. The lowest BCUT2D eigenvalue weighted by Gasteiger charge is -2.01. The van der Waals surface area contributed by atoms with Gasteiger partial charge in [-0.1, -0.05) is 0 Å². The molecule has 0 atom stereocenters. The van der Waals surface area contributed by atoms with Crippen molar-refractivity contribution in [3.8, 4) is 45.6 Å². The second-order valence-corrected chi connectivity index (χ2v) is 10.8. The number of aromatic amines is 2. The summed E-state index contributed by atoms with van der Waals surface area (Å²) in [6.45, 7) is 0. The van der Waals surface area contributed by atoms with E-state index in [1.807, 2.05) is 0 Å². The van der Waals surface area contributed by atoms with Crippen LogP contribution in [0.4, 0.5) is 35.1 Å². The number of benzene rings is 4. The molecule has 0 unspecified atom stereocenters. The molecule has 0 saturated carbocycles. The van der Waals surface area contributed by atoms with Crippen LogP contribution < -0.4 is 0 Å². The van der Waals surface area contributed by atoms with Crippen LogP contribution in [0.5, 0.6) is 0 Å². The van der Waals surface area contributed by atoms with Gasteiger partial charge in [0.15, 0.2) is 46.6 Å². The van der Waals surface area contributed by atoms with Gasteiger partial charge in [0.2, 0.25) is 0 Å². The highest BCUT2D eigenvalue weighted by Crippen LogP contribution is 2.40. The maximum Gasteiger partial charge on any atom is 0.167 e. The number of hydrogen-bond acceptors (Lipinski definition) is 6. The predicted octanol–water partition coefficient (Wildman–Crippen LogP) is 7.98. The molecule has 7 aromatic rings. The molecule has 2 N–H and O–H groups in total. The molecule has 8 nitrogen and oxygen atoms in total. The van der Waals surface area contributed by atoms with Crippen LogP contribution in [0.15, 0.2) is 48.5 Å². The van der Waals surface area contributed by atoms with Crippen molar-refractivity contribution in [2.75, 3.05) is 0 Å². The summed E-state index contributed by atoms with van der Waals surface area (Å²) in [5.74, 6) is -10.8. The van der Waals surface area contributed by atoms with E-state index in [2.05, 4.69) is 39.9 Å². The summed E-state index contributed by atoms with van der Waals surface area (Å²) in [5.41, 5.74) is -2.75. The molecule has 4 aromatic carbocycles. The first-order valence-corrected chi connectivity index (χ1v) is 13.8. The number of hydrogen-bond donors (Lipinski definition) is 2. The summed E-state index contributed by atoms with van der Waals surface area (Å²) >= 11 is 0. The Morgan fingerprint density at radius 1 is 0.312 bits per heavy atom. The molecule has 9 rings (SSSR count). The van der Waals surface area contributed by atoms with Crippen molar-refractivity contribution in [1.82, 2.24) is 39.9 Å². The molecule has 2 aliphatic rings. The van der Waals surface area contributed by atoms with Crippen LogP contribution in [-0.2, 0) is 0 Å². The lowest BCUT2D eigenvalue weighted by molar-refractivity contribution is 0.511. The minimum atomic E-state index is -1.28. The zero-order chi connectivity index (χ0) is 33.2. The first-order chi connectivity index (χ1) is 23.0. The van der Waals surface area contributed by atoms with Crippen LogP contribution in [0.3, 0.4) is 0 Å². The smallest absolute Gasteiger partial charge is 0.167 e. The standard InChI is InChI=1S/C32H10F8N8/c33-13-1-2-14(34)22-21(13)29-43-25-9-5-17(37)18(38)6-10(9)27(41-25)45-31-23-15(35)3-4-16(36)24(23)32(48-31)46-28-12-8-20(40)19(39)7-11(12)26(42-28)44-30(22)47-29/h1-8H,(H2,41,42,43,44,45,46,47,48). The molecule has 3 aromatic heterocycles. The monoisotopic (exact) mass is 658 g/mol. The Morgan fingerprint density at radius 3 is 0.771 bits per heavy atom. The third-order valence-corrected chi connectivity index (χ3v) is 8.01. The summed E-state index contributed by atoms with van der Waals surface area (Å²) in [7, 11) is 0. The van der Waals surface area contributed by atoms with Crippen molar-refractivity contribution in [3.63, 3.8) is 0 Å². The van der Waals surface area contributed by atoms with E-state index in [1.54, 1.807) is 0 Å². The lowest BCUT2D eigenvalue weighted by atomic mass is 10.1. The Balaban J connectivity index is 1.55. The average Bonchev–Trinajstić information content (AvgIpc) is 3.77. The van der Waals surface area contributed by atoms with Crippen molar-refractivity contribution < 1.29 is 35.1 Å². The molecular weight excluding hydrogens is 648 g/mol. The van der Waals surface area contributed by atoms with Crippen molar-refractivity contribution in [2.45, 2.75) is 0 Å². The molecule has 0 aliphatic carbocycles. The summed E-state index contributed by atoms with van der Waals surface area (Å²) in [4.78, 5) is 31.1. The molecule has 16 heteroatoms. The molecule has 0 radical (unpaired) electrons. The van der Waals surface area contributed by atoms with Crippen LogP contribution in [0.25, 0.3) is 89.7 Å². The zero-order valence-corrected chi connectivity index (χ0v) is 23.3. The fourth-order valence-electron chi connectivity index (χ4n) is 5.87. The Bertz CT molecular complexity index is 2420. The molecule has 5 heterocycles. The highest BCUT2D eigenvalue weighted by atomic mass is 19.2. The van der Waals surface area contributed by atoms with Gasteiger partial charge >= 0.3 is 0 Å². The van der Waals surface area contributed by atoms with Crippen LogP contribution in [0, 0.1) is 46.5 Å². The van der Waals surface area contributed by atoms with Crippen LogP contribution in [0.1, 0.15) is 0 Å². The first-order valence-electron chi connectivity index (χ1n) is 13.8. The highest BCUT2D eigenvalue weighted by molar-refractivity contribution is 6.06. The molecule has 0 fully saturated rings. The van der Waals surface area contributed by atoms with E-state index in [9.17, 15) is 17.6 Å². The van der Waals surface area contributed by atoms with Gasteiger partial charge in [-0.15, -0.1) is 0 Å². The van der Waals surface area contributed by atoms with Crippen molar-refractivity contribution >= 4 is 44.1 Å². The molecule has 234 valence electrons. The maximum absolute atomic E-state index is 15.3. The number of nitrogens with one attached hydrogen (secondary N) is 2. The van der Waals surface area contributed by atoms with E-state index in [-0.39, 0.29) is 44.1 Å². The molecular formula is C32H10F8N8. The van der Waals surface area contributed by atoms with Gasteiger partial charge in [-0.25, -0.2) is 65.0 Å². The van der Waals surface area contributed by atoms with Crippen LogP contribution >= 0.6 is 0 Å². The minimum Gasteiger partial charge on any atom is -0.324 e. The number of halogens is 8. The Kier molecular flexibility index (Phi) is 5.59. The largest absolute Gasteiger partial charge is 0.324 e. The van der Waals surface area contributed by atoms with Gasteiger partial charge in [0, 0.05) is 21.5 Å².